The molecule has 252 valence electrons. The lowest BCUT2D eigenvalue weighted by atomic mass is 9.85. The van der Waals surface area contributed by atoms with Crippen LogP contribution < -0.4 is 21.5 Å². The normalized spacial score (nSPS) is 18.4. The molecular weight excluding hydrogens is 620 g/mol. The molecule has 3 atom stereocenters. The van der Waals surface area contributed by atoms with Crippen LogP contribution in [-0.4, -0.2) is 63.4 Å². The van der Waals surface area contributed by atoms with E-state index in [0.717, 1.165) is 48.1 Å². The molecule has 48 heavy (non-hydrogen) atoms. The second-order valence-electron chi connectivity index (χ2n) is 12.4. The molecule has 6 rings (SSSR count). The number of aromatic nitrogens is 2. The van der Waals surface area contributed by atoms with Crippen LogP contribution in [0, 0.1) is 0 Å². The Morgan fingerprint density at radius 3 is 2.69 bits per heavy atom. The molecule has 1 amide bonds. The molecule has 0 saturated heterocycles. The van der Waals surface area contributed by atoms with Crippen LogP contribution in [0.4, 0.5) is 11.4 Å². The van der Waals surface area contributed by atoms with Gasteiger partial charge in [0.25, 0.3) is 5.56 Å². The first-order valence-electron chi connectivity index (χ1n) is 16.2. The van der Waals surface area contributed by atoms with Gasteiger partial charge in [-0.1, -0.05) is 32.8 Å². The number of hydrogen-bond donors (Lipinski definition) is 3. The number of fused-ring (bicyclic) bond motifs is 5. The molecule has 14 heteroatoms. The lowest BCUT2D eigenvalue weighted by Gasteiger charge is -2.35. The number of hydrogen-bond acceptors (Lipinski definition) is 11. The number of nitrogens with one attached hydrogen (secondary N) is 1. The summed E-state index contributed by atoms with van der Waals surface area (Å²) in [5.74, 6) is -3.78. The van der Waals surface area contributed by atoms with Crippen molar-refractivity contribution in [1.82, 2.24) is 14.9 Å². The lowest BCUT2D eigenvalue weighted by molar-refractivity contribution is -0.189. The molecule has 3 aliphatic rings. The number of benzene rings is 1. The zero-order valence-corrected chi connectivity index (χ0v) is 27.1. The van der Waals surface area contributed by atoms with Gasteiger partial charge in [-0.05, 0) is 44.4 Å². The predicted molar refractivity (Wildman–Crippen MR) is 176 cm³/mol. The number of aliphatic carboxylic acids is 1. The number of unbranched alkanes of at least 4 members (excludes halogenated alkanes) is 2. The van der Waals surface area contributed by atoms with Crippen molar-refractivity contribution in [3.8, 4) is 11.4 Å². The number of amides is 1. The van der Waals surface area contributed by atoms with Crippen LogP contribution in [-0.2, 0) is 47.4 Å². The number of carboxylic acid groups (broad SMARTS) is 1. The summed E-state index contributed by atoms with van der Waals surface area (Å²) in [4.78, 5) is 76.3. The van der Waals surface area contributed by atoms with Crippen LogP contribution in [0.1, 0.15) is 76.0 Å². The summed E-state index contributed by atoms with van der Waals surface area (Å²) in [5.41, 5.74) is 8.00. The van der Waals surface area contributed by atoms with Crippen LogP contribution in [0.25, 0.3) is 22.3 Å². The SMILES string of the molecule is CCCCCN1C=Nc2cccc3nc4c(c1c23)Cn1c-4cc2c(c1=O)COC(=O)[C@@]2(CC)OC(=O)CC[C@@H](NC(=O)[C@H](C)N)C(=O)O. The molecule has 14 nitrogen and oxygen atoms in total. The van der Waals surface area contributed by atoms with E-state index in [2.05, 4.69) is 22.1 Å². The van der Waals surface area contributed by atoms with Crippen molar-refractivity contribution in [3.05, 3.63) is 51.3 Å². The number of pyridine rings is 2. The van der Waals surface area contributed by atoms with E-state index in [1.807, 2.05) is 24.5 Å². The second-order valence-corrected chi connectivity index (χ2v) is 12.4. The van der Waals surface area contributed by atoms with Gasteiger partial charge in [0.05, 0.1) is 58.2 Å². The monoisotopic (exact) mass is 658 g/mol. The second kappa shape index (κ2) is 12.8. The van der Waals surface area contributed by atoms with E-state index in [-0.39, 0.29) is 42.7 Å². The van der Waals surface area contributed by atoms with Crippen molar-refractivity contribution >= 4 is 52.4 Å². The summed E-state index contributed by atoms with van der Waals surface area (Å²) in [6.45, 7) is 5.88. The molecule has 3 aromatic rings. The van der Waals surface area contributed by atoms with Crippen molar-refractivity contribution < 1.29 is 33.8 Å². The van der Waals surface area contributed by atoms with Gasteiger partial charge < -0.3 is 35.1 Å². The van der Waals surface area contributed by atoms with Gasteiger partial charge in [-0.25, -0.2) is 19.6 Å². The number of nitrogens with two attached hydrogens (primary N) is 1. The number of cyclic esters (lactones) is 1. The molecule has 5 heterocycles. The highest BCUT2D eigenvalue weighted by Gasteiger charge is 2.50. The maximum absolute atomic E-state index is 14.1. The molecule has 2 aromatic heterocycles. The summed E-state index contributed by atoms with van der Waals surface area (Å²) in [7, 11) is 0. The summed E-state index contributed by atoms with van der Waals surface area (Å²) in [6.07, 6.45) is 4.10. The third kappa shape index (κ3) is 5.49. The maximum Gasteiger partial charge on any atom is 0.355 e. The first-order valence-corrected chi connectivity index (χ1v) is 16.2. The quantitative estimate of drug-likeness (QED) is 0.150. The largest absolute Gasteiger partial charge is 0.480 e. The molecule has 0 saturated carbocycles. The molecule has 0 spiro atoms. The number of anilines is 1. The highest BCUT2D eigenvalue weighted by Crippen LogP contribution is 2.47. The number of carbonyl (C=O) groups excluding carboxylic acids is 3. The zero-order chi connectivity index (χ0) is 34.3. The third-order valence-electron chi connectivity index (χ3n) is 9.21. The van der Waals surface area contributed by atoms with Crippen LogP contribution in [0.15, 0.2) is 34.1 Å². The smallest absolute Gasteiger partial charge is 0.355 e. The maximum atomic E-state index is 14.1. The predicted octanol–water partition coefficient (Wildman–Crippen LogP) is 3.00. The van der Waals surface area contributed by atoms with Gasteiger partial charge in [-0.3, -0.25) is 14.4 Å². The molecule has 0 radical (unpaired) electrons. The van der Waals surface area contributed by atoms with Gasteiger partial charge in [-0.2, -0.15) is 0 Å². The molecule has 0 aliphatic carbocycles. The Hall–Kier alpha value is -5.11. The first kappa shape index (κ1) is 32.8. The Labute approximate surface area is 275 Å². The number of nitrogens with zero attached hydrogens (tertiary/aromatic N) is 4. The molecule has 0 bridgehead atoms. The van der Waals surface area contributed by atoms with E-state index in [1.165, 1.54) is 6.92 Å². The van der Waals surface area contributed by atoms with E-state index in [9.17, 15) is 29.1 Å². The van der Waals surface area contributed by atoms with Gasteiger partial charge in [-0.15, -0.1) is 0 Å². The number of aliphatic imine (C=N–C) groups is 1. The Bertz CT molecular complexity index is 1930. The molecular formula is C34H38N6O8. The Morgan fingerprint density at radius 2 is 1.98 bits per heavy atom. The number of ether oxygens (including phenoxy) is 2. The highest BCUT2D eigenvalue weighted by atomic mass is 16.6. The third-order valence-corrected chi connectivity index (χ3v) is 9.21. The highest BCUT2D eigenvalue weighted by molar-refractivity contribution is 6.11. The minimum atomic E-state index is -1.95. The van der Waals surface area contributed by atoms with Crippen molar-refractivity contribution in [2.75, 3.05) is 11.4 Å². The number of rotatable bonds is 12. The molecule has 4 N–H and O–H groups in total. The van der Waals surface area contributed by atoms with E-state index >= 15 is 0 Å². The summed E-state index contributed by atoms with van der Waals surface area (Å²) < 4.78 is 12.9. The molecule has 0 unspecified atom stereocenters. The molecule has 3 aliphatic heterocycles. The Morgan fingerprint density at radius 1 is 1.19 bits per heavy atom. The topological polar surface area (TPSA) is 196 Å². The fraction of sp³-hybridized carbons (Fsp3) is 0.441. The fourth-order valence-electron chi connectivity index (χ4n) is 6.63. The molecule has 0 fully saturated rings. The average molecular weight is 659 g/mol. The minimum absolute atomic E-state index is 0.0501. The lowest BCUT2D eigenvalue weighted by Crippen LogP contribution is -2.48. The van der Waals surface area contributed by atoms with Gasteiger partial charge in [0.2, 0.25) is 11.5 Å². The van der Waals surface area contributed by atoms with Gasteiger partial charge in [0, 0.05) is 24.1 Å². The van der Waals surface area contributed by atoms with E-state index in [0.29, 0.717) is 16.9 Å². The van der Waals surface area contributed by atoms with E-state index in [1.54, 1.807) is 17.6 Å². The van der Waals surface area contributed by atoms with Gasteiger partial charge >= 0.3 is 17.9 Å². The zero-order valence-electron chi connectivity index (χ0n) is 27.1. The number of carboxylic acids is 1. The van der Waals surface area contributed by atoms with E-state index in [4.69, 9.17) is 20.2 Å². The van der Waals surface area contributed by atoms with Crippen molar-refractivity contribution in [1.29, 1.82) is 0 Å². The first-order chi connectivity index (χ1) is 23.0. The fourth-order valence-corrected chi connectivity index (χ4v) is 6.63. The van der Waals surface area contributed by atoms with Crippen molar-refractivity contribution in [2.24, 2.45) is 10.7 Å². The van der Waals surface area contributed by atoms with Crippen LogP contribution in [0.3, 0.4) is 0 Å². The van der Waals surface area contributed by atoms with Crippen LogP contribution in [0.2, 0.25) is 0 Å². The van der Waals surface area contributed by atoms with Crippen molar-refractivity contribution in [3.63, 3.8) is 0 Å². The standard InChI is InChI=1S/C34H38N6O8/c1-4-6-7-13-39-17-36-22-9-8-10-23-27(22)29(39)19-15-40-25(28(19)37-23)14-21-20(31(40)43)16-47-33(46)34(21,5-2)48-26(41)12-11-24(32(44)45)38-30(42)18(3)35/h8-10,14,17-18,24H,4-7,11-13,15-16,35H2,1-3H3,(H,38,42)(H,44,45)/t18-,24+,34-/m0/s1. The summed E-state index contributed by atoms with van der Waals surface area (Å²) >= 11 is 0. The average Bonchev–Trinajstić information content (AvgIpc) is 3.43. The Kier molecular flexibility index (Phi) is 8.77. The molecule has 1 aromatic carbocycles. The van der Waals surface area contributed by atoms with E-state index < -0.39 is 47.9 Å². The van der Waals surface area contributed by atoms with Crippen molar-refractivity contribution in [2.45, 2.75) is 90.1 Å². The summed E-state index contributed by atoms with van der Waals surface area (Å²) in [6, 6.07) is 5.06. The van der Waals surface area contributed by atoms with Gasteiger partial charge in [0.15, 0.2) is 0 Å². The Balaban J connectivity index is 1.39. The number of carbonyl (C=O) groups is 4. The minimum Gasteiger partial charge on any atom is -0.480 e. The van der Waals surface area contributed by atoms with Gasteiger partial charge in [0.1, 0.15) is 12.6 Å². The van der Waals surface area contributed by atoms with Crippen LogP contribution >= 0.6 is 0 Å². The number of esters is 2. The van der Waals surface area contributed by atoms with Crippen LogP contribution in [0.5, 0.6) is 0 Å². The summed E-state index contributed by atoms with van der Waals surface area (Å²) in [5, 5.41) is 12.8.